The Balaban J connectivity index is 1.81. The van der Waals surface area contributed by atoms with Gasteiger partial charge in [0, 0.05) is 24.3 Å². The molecule has 0 radical (unpaired) electrons. The lowest BCUT2D eigenvalue weighted by Crippen LogP contribution is -2.28. The van der Waals surface area contributed by atoms with Crippen LogP contribution >= 0.6 is 11.6 Å². The van der Waals surface area contributed by atoms with E-state index in [-0.39, 0.29) is 16.1 Å². The summed E-state index contributed by atoms with van der Waals surface area (Å²) in [6.45, 7) is 0.953. The van der Waals surface area contributed by atoms with Gasteiger partial charge in [-0.1, -0.05) is 30.7 Å². The van der Waals surface area contributed by atoms with Gasteiger partial charge in [-0.2, -0.15) is 13.2 Å². The lowest BCUT2D eigenvalue weighted by Gasteiger charge is -2.28. The molecule has 0 aliphatic heterocycles. The first kappa shape index (κ1) is 25.2. The Bertz CT molecular complexity index is 1220. The number of aryl methyl sites for hydroxylation is 1. The number of aromatic nitrogens is 1. The molecule has 2 aromatic carbocycles. The first-order chi connectivity index (χ1) is 16.0. The van der Waals surface area contributed by atoms with Crippen molar-refractivity contribution in [2.24, 2.45) is 7.05 Å². The molecule has 1 heterocycles. The first-order valence-electron chi connectivity index (χ1n) is 10.1. The zero-order valence-corrected chi connectivity index (χ0v) is 18.9. The number of aliphatic carboxylic acids is 1. The number of halogens is 4. The summed E-state index contributed by atoms with van der Waals surface area (Å²) >= 11 is 6.35. The summed E-state index contributed by atoms with van der Waals surface area (Å²) in [5, 5.41) is 8.74. The molecule has 6 nitrogen and oxygen atoms in total. The number of carboxylic acid groups (broad SMARTS) is 1. The van der Waals surface area contributed by atoms with E-state index >= 15 is 0 Å². The van der Waals surface area contributed by atoms with E-state index in [0.717, 1.165) is 10.6 Å². The highest BCUT2D eigenvalue weighted by Crippen LogP contribution is 2.46. The summed E-state index contributed by atoms with van der Waals surface area (Å²) < 4.78 is 53.9. The molecule has 1 N–H and O–H groups in total. The average molecular weight is 496 g/mol. The number of rotatable bonds is 8. The maximum atomic E-state index is 14.0. The van der Waals surface area contributed by atoms with Crippen LogP contribution in [0.1, 0.15) is 29.9 Å². The second kappa shape index (κ2) is 10.2. The number of alkyl halides is 3. The Morgan fingerprint density at radius 1 is 1.06 bits per heavy atom. The minimum Gasteiger partial charge on any atom is -0.482 e. The largest absolute Gasteiger partial charge is 0.482 e. The lowest BCUT2D eigenvalue weighted by atomic mass is 9.82. The van der Waals surface area contributed by atoms with Crippen LogP contribution in [0, 0.1) is 0 Å². The van der Waals surface area contributed by atoms with Crippen molar-refractivity contribution >= 4 is 17.6 Å². The van der Waals surface area contributed by atoms with Crippen LogP contribution in [-0.4, -0.2) is 28.4 Å². The smallest absolute Gasteiger partial charge is 0.396 e. The normalized spacial score (nSPS) is 13.2. The topological polar surface area (TPSA) is 77.8 Å². The van der Waals surface area contributed by atoms with Crippen LogP contribution in [0.3, 0.4) is 0 Å². The predicted molar refractivity (Wildman–Crippen MR) is 120 cm³/mol. The van der Waals surface area contributed by atoms with Gasteiger partial charge in [-0.25, -0.2) is 4.79 Å². The van der Waals surface area contributed by atoms with Crippen LogP contribution < -0.4 is 15.0 Å². The molecule has 3 aromatic rings. The molecule has 0 aliphatic rings. The fraction of sp³-hybridized carbons (Fsp3) is 0.250. The third-order valence-corrected chi connectivity index (χ3v) is 5.53. The fourth-order valence-electron chi connectivity index (χ4n) is 3.57. The number of carbonyl (C=O) groups is 1. The SMILES string of the molecule is C[C@H](c1ccc(Oc2ccc(OCC(=O)O)cc2)cc1Cl)[C@@H](c1ccc(=O)n(C)c1)C(F)(F)F. The van der Waals surface area contributed by atoms with Gasteiger partial charge >= 0.3 is 12.1 Å². The van der Waals surface area contributed by atoms with Gasteiger partial charge in [-0.15, -0.1) is 0 Å². The Hall–Kier alpha value is -3.46. The minimum absolute atomic E-state index is 0.0382. The molecule has 34 heavy (non-hydrogen) atoms. The van der Waals surface area contributed by atoms with E-state index in [0.29, 0.717) is 17.2 Å². The molecule has 0 bridgehead atoms. The van der Waals surface area contributed by atoms with Crippen LogP contribution in [0.4, 0.5) is 13.2 Å². The van der Waals surface area contributed by atoms with E-state index in [1.54, 1.807) is 12.1 Å². The van der Waals surface area contributed by atoms with Crippen LogP contribution in [0.5, 0.6) is 17.2 Å². The summed E-state index contributed by atoms with van der Waals surface area (Å²) in [6, 6.07) is 12.9. The molecule has 180 valence electrons. The Kier molecular flexibility index (Phi) is 7.56. The predicted octanol–water partition coefficient (Wildman–Crippen LogP) is 5.74. The van der Waals surface area contributed by atoms with E-state index < -0.39 is 36.1 Å². The fourth-order valence-corrected chi connectivity index (χ4v) is 3.91. The summed E-state index contributed by atoms with van der Waals surface area (Å²) in [7, 11) is 1.40. The highest BCUT2D eigenvalue weighted by atomic mass is 35.5. The van der Waals surface area contributed by atoms with E-state index in [9.17, 15) is 22.8 Å². The van der Waals surface area contributed by atoms with Crippen molar-refractivity contribution < 1.29 is 32.5 Å². The number of carboxylic acids is 1. The number of ether oxygens (including phenoxy) is 2. The van der Waals surface area contributed by atoms with Crippen LogP contribution in [0.25, 0.3) is 0 Å². The molecule has 0 saturated carbocycles. The standard InChI is InChI=1S/C24H21ClF3NO5/c1-14(23(24(26,27)28)15-3-10-21(30)29(2)12-15)19-9-8-18(11-20(19)25)34-17-6-4-16(5-7-17)33-13-22(31)32/h3-12,14,23H,13H2,1-2H3,(H,31,32)/t14-,23+/m1/s1. The van der Waals surface area contributed by atoms with E-state index in [1.165, 1.54) is 56.6 Å². The van der Waals surface area contributed by atoms with Crippen molar-refractivity contribution in [2.45, 2.75) is 24.9 Å². The van der Waals surface area contributed by atoms with Crippen molar-refractivity contribution in [1.29, 1.82) is 0 Å². The summed E-state index contributed by atoms with van der Waals surface area (Å²) in [6.07, 6.45) is -3.38. The number of hydrogen-bond donors (Lipinski definition) is 1. The maximum absolute atomic E-state index is 14.0. The molecule has 0 saturated heterocycles. The molecule has 2 atom stereocenters. The van der Waals surface area contributed by atoms with Crippen LogP contribution in [-0.2, 0) is 11.8 Å². The van der Waals surface area contributed by atoms with Gasteiger partial charge in [0.05, 0.1) is 5.92 Å². The Morgan fingerprint density at radius 2 is 1.68 bits per heavy atom. The molecule has 10 heteroatoms. The molecule has 0 fully saturated rings. The van der Waals surface area contributed by atoms with Gasteiger partial charge in [-0.05, 0) is 53.4 Å². The van der Waals surface area contributed by atoms with Gasteiger partial charge in [0.25, 0.3) is 0 Å². The van der Waals surface area contributed by atoms with Crippen molar-refractivity contribution in [3.8, 4) is 17.2 Å². The van der Waals surface area contributed by atoms with E-state index in [4.69, 9.17) is 26.2 Å². The van der Waals surface area contributed by atoms with Gasteiger partial charge in [-0.3, -0.25) is 4.79 Å². The van der Waals surface area contributed by atoms with E-state index in [1.807, 2.05) is 0 Å². The van der Waals surface area contributed by atoms with Crippen LogP contribution in [0.2, 0.25) is 5.02 Å². The van der Waals surface area contributed by atoms with Crippen molar-refractivity contribution in [1.82, 2.24) is 4.57 Å². The zero-order valence-electron chi connectivity index (χ0n) is 18.2. The highest BCUT2D eigenvalue weighted by molar-refractivity contribution is 6.31. The van der Waals surface area contributed by atoms with E-state index in [2.05, 4.69) is 0 Å². The third kappa shape index (κ3) is 6.11. The Labute approximate surface area is 198 Å². The van der Waals surface area contributed by atoms with Gasteiger partial charge < -0.3 is 19.1 Å². The van der Waals surface area contributed by atoms with Crippen molar-refractivity contribution in [3.63, 3.8) is 0 Å². The van der Waals surface area contributed by atoms with Gasteiger partial charge in [0.15, 0.2) is 6.61 Å². The molecule has 0 spiro atoms. The first-order valence-corrected chi connectivity index (χ1v) is 10.5. The average Bonchev–Trinajstić information content (AvgIpc) is 2.75. The maximum Gasteiger partial charge on any atom is 0.396 e. The molecule has 0 unspecified atom stereocenters. The number of hydrogen-bond acceptors (Lipinski definition) is 4. The van der Waals surface area contributed by atoms with Gasteiger partial charge in [0.2, 0.25) is 5.56 Å². The Morgan fingerprint density at radius 3 is 2.24 bits per heavy atom. The molecule has 0 amide bonds. The zero-order chi connectivity index (χ0) is 25.0. The highest BCUT2D eigenvalue weighted by Gasteiger charge is 2.45. The second-order valence-electron chi connectivity index (χ2n) is 7.66. The quantitative estimate of drug-likeness (QED) is 0.431. The summed E-state index contributed by atoms with van der Waals surface area (Å²) in [5.41, 5.74) is -0.162. The summed E-state index contributed by atoms with van der Waals surface area (Å²) in [5.74, 6) is -2.96. The van der Waals surface area contributed by atoms with Crippen molar-refractivity contribution in [3.05, 3.63) is 87.3 Å². The molecular formula is C24H21ClF3NO5. The minimum atomic E-state index is -4.57. The number of nitrogens with zero attached hydrogens (tertiary/aromatic N) is 1. The molecular weight excluding hydrogens is 475 g/mol. The number of pyridine rings is 1. The van der Waals surface area contributed by atoms with Gasteiger partial charge in [0.1, 0.15) is 17.2 Å². The van der Waals surface area contributed by atoms with Crippen molar-refractivity contribution in [2.75, 3.05) is 6.61 Å². The molecule has 0 aliphatic carbocycles. The third-order valence-electron chi connectivity index (χ3n) is 5.20. The monoisotopic (exact) mass is 495 g/mol. The van der Waals surface area contributed by atoms with Crippen LogP contribution in [0.15, 0.2) is 65.6 Å². The summed E-state index contributed by atoms with van der Waals surface area (Å²) in [4.78, 5) is 22.2. The second-order valence-corrected chi connectivity index (χ2v) is 8.07. The molecule has 1 aromatic heterocycles. The number of benzene rings is 2. The lowest BCUT2D eigenvalue weighted by molar-refractivity contribution is -0.155. The molecule has 3 rings (SSSR count).